The lowest BCUT2D eigenvalue weighted by molar-refractivity contribution is -0.00577. The van der Waals surface area contributed by atoms with Crippen molar-refractivity contribution in [3.63, 3.8) is 0 Å². The molecule has 7 nitrogen and oxygen atoms in total. The molecular weight excluding hydrogens is 322 g/mol. The van der Waals surface area contributed by atoms with E-state index in [0.29, 0.717) is 43.6 Å². The van der Waals surface area contributed by atoms with Crippen molar-refractivity contribution in [2.75, 3.05) is 26.4 Å². The number of morpholine rings is 1. The van der Waals surface area contributed by atoms with Gasteiger partial charge in [-0.05, 0) is 31.2 Å². The van der Waals surface area contributed by atoms with Gasteiger partial charge in [-0.1, -0.05) is 19.0 Å². The fourth-order valence-electron chi connectivity index (χ4n) is 2.70. The highest BCUT2D eigenvalue weighted by atomic mass is 16.5. The predicted octanol–water partition coefficient (Wildman–Crippen LogP) is 2.81. The van der Waals surface area contributed by atoms with E-state index in [0.717, 1.165) is 5.75 Å². The zero-order valence-corrected chi connectivity index (χ0v) is 14.8. The van der Waals surface area contributed by atoms with Crippen LogP contribution in [0.25, 0.3) is 0 Å². The first kappa shape index (κ1) is 17.4. The molecule has 0 N–H and O–H groups in total. The molecule has 1 aliphatic rings. The molecule has 1 aromatic carbocycles. The van der Waals surface area contributed by atoms with Crippen LogP contribution < -0.4 is 4.74 Å². The molecule has 25 heavy (non-hydrogen) atoms. The first-order chi connectivity index (χ1) is 12.1. The standard InChI is InChI=1S/C18H23N3O4/c1-4-24-14-7-5-13(6-8-14)18(22)21-9-10-23-11-15(21)16-19-17(12(2)3)25-20-16/h5-8,12,15H,4,9-11H2,1-3H3/t15-/m1/s1. The molecule has 134 valence electrons. The summed E-state index contributed by atoms with van der Waals surface area (Å²) in [5.41, 5.74) is 0.600. The highest BCUT2D eigenvalue weighted by molar-refractivity contribution is 5.94. The number of amides is 1. The Hall–Kier alpha value is -2.41. The van der Waals surface area contributed by atoms with Crippen molar-refractivity contribution >= 4 is 5.91 Å². The van der Waals surface area contributed by atoms with Gasteiger partial charge in [-0.15, -0.1) is 0 Å². The number of carbonyl (C=O) groups excluding carboxylic acids is 1. The van der Waals surface area contributed by atoms with Crippen LogP contribution in [0.4, 0.5) is 0 Å². The van der Waals surface area contributed by atoms with Gasteiger partial charge in [-0.2, -0.15) is 4.98 Å². The van der Waals surface area contributed by atoms with E-state index in [2.05, 4.69) is 10.1 Å². The van der Waals surface area contributed by atoms with Crippen molar-refractivity contribution in [2.45, 2.75) is 32.7 Å². The summed E-state index contributed by atoms with van der Waals surface area (Å²) < 4.78 is 16.2. The molecule has 1 saturated heterocycles. The number of hydrogen-bond acceptors (Lipinski definition) is 6. The number of benzene rings is 1. The molecule has 1 fully saturated rings. The van der Waals surface area contributed by atoms with Gasteiger partial charge >= 0.3 is 0 Å². The van der Waals surface area contributed by atoms with E-state index in [1.54, 1.807) is 29.2 Å². The van der Waals surface area contributed by atoms with Crippen LogP contribution in [-0.4, -0.2) is 47.3 Å². The lowest BCUT2D eigenvalue weighted by atomic mass is 10.1. The van der Waals surface area contributed by atoms with Crippen molar-refractivity contribution in [1.82, 2.24) is 15.0 Å². The molecule has 1 amide bonds. The highest BCUT2D eigenvalue weighted by Crippen LogP contribution is 2.26. The van der Waals surface area contributed by atoms with E-state index in [1.807, 2.05) is 20.8 Å². The molecule has 0 saturated carbocycles. The van der Waals surface area contributed by atoms with Crippen molar-refractivity contribution in [3.05, 3.63) is 41.5 Å². The number of hydrogen-bond donors (Lipinski definition) is 0. The number of rotatable bonds is 5. The summed E-state index contributed by atoms with van der Waals surface area (Å²) >= 11 is 0. The Bertz CT molecular complexity index is 711. The van der Waals surface area contributed by atoms with Crippen molar-refractivity contribution in [2.24, 2.45) is 0 Å². The number of aromatic nitrogens is 2. The minimum atomic E-state index is -0.343. The second kappa shape index (κ2) is 7.65. The second-order valence-electron chi connectivity index (χ2n) is 6.19. The zero-order valence-electron chi connectivity index (χ0n) is 14.8. The molecule has 1 aromatic heterocycles. The van der Waals surface area contributed by atoms with E-state index >= 15 is 0 Å². The Morgan fingerprint density at radius 1 is 1.36 bits per heavy atom. The SMILES string of the molecule is CCOc1ccc(C(=O)N2CCOC[C@@H]2c2noc(C(C)C)n2)cc1. The molecule has 0 aliphatic carbocycles. The quantitative estimate of drug-likeness (QED) is 0.829. The molecule has 2 heterocycles. The first-order valence-corrected chi connectivity index (χ1v) is 8.55. The maximum atomic E-state index is 12.9. The molecular formula is C18H23N3O4. The summed E-state index contributed by atoms with van der Waals surface area (Å²) in [7, 11) is 0. The lowest BCUT2D eigenvalue weighted by Crippen LogP contribution is -2.43. The maximum absolute atomic E-state index is 12.9. The normalized spacial score (nSPS) is 17.8. The van der Waals surface area contributed by atoms with Gasteiger partial charge in [0.2, 0.25) is 5.89 Å². The minimum Gasteiger partial charge on any atom is -0.494 e. The largest absolute Gasteiger partial charge is 0.494 e. The van der Waals surface area contributed by atoms with E-state index < -0.39 is 0 Å². The molecule has 3 rings (SSSR count). The molecule has 0 spiro atoms. The summed E-state index contributed by atoms with van der Waals surface area (Å²) in [6.07, 6.45) is 0. The van der Waals surface area contributed by atoms with Crippen LogP contribution in [0.3, 0.4) is 0 Å². The van der Waals surface area contributed by atoms with Crippen molar-refractivity contribution < 1.29 is 18.8 Å². The van der Waals surface area contributed by atoms with E-state index in [9.17, 15) is 4.79 Å². The minimum absolute atomic E-state index is 0.0766. The van der Waals surface area contributed by atoms with Gasteiger partial charge in [-0.3, -0.25) is 4.79 Å². The third kappa shape index (κ3) is 3.82. The monoisotopic (exact) mass is 345 g/mol. The van der Waals surface area contributed by atoms with Crippen LogP contribution in [0.5, 0.6) is 5.75 Å². The average molecular weight is 345 g/mol. The van der Waals surface area contributed by atoms with Gasteiger partial charge in [0.15, 0.2) is 5.82 Å². The maximum Gasteiger partial charge on any atom is 0.254 e. The van der Waals surface area contributed by atoms with Crippen molar-refractivity contribution in [3.8, 4) is 5.75 Å². The summed E-state index contributed by atoms with van der Waals surface area (Å²) in [4.78, 5) is 19.1. The average Bonchev–Trinajstić information content (AvgIpc) is 3.12. The Balaban J connectivity index is 1.80. The van der Waals surface area contributed by atoms with Crippen molar-refractivity contribution in [1.29, 1.82) is 0 Å². The Morgan fingerprint density at radius 2 is 2.12 bits per heavy atom. The topological polar surface area (TPSA) is 77.7 Å². The smallest absolute Gasteiger partial charge is 0.254 e. The van der Waals surface area contributed by atoms with Gasteiger partial charge < -0.3 is 18.9 Å². The predicted molar refractivity (Wildman–Crippen MR) is 90.6 cm³/mol. The van der Waals surface area contributed by atoms with Gasteiger partial charge in [0, 0.05) is 18.0 Å². The van der Waals surface area contributed by atoms with Crippen LogP contribution in [-0.2, 0) is 4.74 Å². The molecule has 7 heteroatoms. The van der Waals surface area contributed by atoms with Gasteiger partial charge in [0.25, 0.3) is 5.91 Å². The lowest BCUT2D eigenvalue weighted by Gasteiger charge is -2.33. The second-order valence-corrected chi connectivity index (χ2v) is 6.19. The molecule has 0 radical (unpaired) electrons. The Labute approximate surface area is 146 Å². The van der Waals surface area contributed by atoms with Crippen LogP contribution >= 0.6 is 0 Å². The third-order valence-corrected chi connectivity index (χ3v) is 4.05. The Morgan fingerprint density at radius 3 is 2.76 bits per heavy atom. The van der Waals surface area contributed by atoms with E-state index in [4.69, 9.17) is 14.0 Å². The molecule has 0 unspecified atom stereocenters. The zero-order chi connectivity index (χ0) is 17.8. The van der Waals surface area contributed by atoms with Crippen LogP contribution in [0.15, 0.2) is 28.8 Å². The highest BCUT2D eigenvalue weighted by Gasteiger charge is 2.33. The fourth-order valence-corrected chi connectivity index (χ4v) is 2.70. The summed E-state index contributed by atoms with van der Waals surface area (Å²) in [5, 5.41) is 4.05. The van der Waals surface area contributed by atoms with Crippen LogP contribution in [0, 0.1) is 0 Å². The number of nitrogens with zero attached hydrogens (tertiary/aromatic N) is 3. The molecule has 2 aromatic rings. The molecule has 0 bridgehead atoms. The molecule has 1 aliphatic heterocycles. The summed E-state index contributed by atoms with van der Waals surface area (Å²) in [5.74, 6) is 1.86. The van der Waals surface area contributed by atoms with Gasteiger partial charge in [0.05, 0.1) is 19.8 Å². The van der Waals surface area contributed by atoms with Gasteiger partial charge in [-0.25, -0.2) is 0 Å². The Kier molecular flexibility index (Phi) is 5.33. The third-order valence-electron chi connectivity index (χ3n) is 4.05. The number of ether oxygens (including phenoxy) is 2. The van der Waals surface area contributed by atoms with Crippen LogP contribution in [0.1, 0.15) is 54.8 Å². The summed E-state index contributed by atoms with van der Waals surface area (Å²) in [6.45, 7) is 7.83. The van der Waals surface area contributed by atoms with Gasteiger partial charge in [0.1, 0.15) is 11.8 Å². The summed E-state index contributed by atoms with van der Waals surface area (Å²) in [6, 6.07) is 6.81. The number of carbonyl (C=O) groups is 1. The fraction of sp³-hybridized carbons (Fsp3) is 0.500. The van der Waals surface area contributed by atoms with E-state index in [1.165, 1.54) is 0 Å². The first-order valence-electron chi connectivity index (χ1n) is 8.55. The molecule has 1 atom stereocenters. The van der Waals surface area contributed by atoms with Crippen LogP contribution in [0.2, 0.25) is 0 Å². The van der Waals surface area contributed by atoms with E-state index in [-0.39, 0.29) is 17.9 Å².